The molecule has 0 saturated carbocycles. The Morgan fingerprint density at radius 1 is 0.950 bits per heavy atom. The molecule has 0 atom stereocenters. The zero-order valence-corrected chi connectivity index (χ0v) is 22.1. The topological polar surface area (TPSA) is 92.6 Å². The van der Waals surface area contributed by atoms with Crippen LogP contribution in [0, 0.1) is 5.82 Å². The van der Waals surface area contributed by atoms with Crippen molar-refractivity contribution in [1.29, 1.82) is 0 Å². The number of fused-ring (bicyclic) bond motifs is 3. The summed E-state index contributed by atoms with van der Waals surface area (Å²) in [5, 5.41) is 9.00. The molecule has 7 nitrogen and oxygen atoms in total. The minimum Gasteiger partial charge on any atom is -0.481 e. The van der Waals surface area contributed by atoms with Gasteiger partial charge in [0.25, 0.3) is 5.91 Å². The third-order valence-electron chi connectivity index (χ3n) is 8.03. The predicted molar refractivity (Wildman–Crippen MR) is 148 cm³/mol. The van der Waals surface area contributed by atoms with Gasteiger partial charge >= 0.3 is 5.97 Å². The number of hydrogen-bond acceptors (Lipinski definition) is 5. The molecule has 8 heteroatoms. The number of nitrogens with zero attached hydrogens (tertiary/aromatic N) is 3. The molecule has 3 heterocycles. The van der Waals surface area contributed by atoms with Gasteiger partial charge < -0.3 is 14.7 Å². The number of carbonyl (C=O) groups excluding carboxylic acids is 1. The van der Waals surface area contributed by atoms with Crippen molar-refractivity contribution in [1.82, 2.24) is 14.9 Å². The van der Waals surface area contributed by atoms with Crippen LogP contribution in [-0.4, -0.2) is 44.9 Å². The van der Waals surface area contributed by atoms with Gasteiger partial charge in [-0.3, -0.25) is 9.59 Å². The number of hydrogen-bond donors (Lipinski definition) is 1. The molecular formula is C32H30FN3O4. The summed E-state index contributed by atoms with van der Waals surface area (Å²) in [4.78, 5) is 36.1. The highest BCUT2D eigenvalue weighted by Gasteiger charge is 2.43. The molecule has 204 valence electrons. The zero-order valence-electron chi connectivity index (χ0n) is 22.1. The third kappa shape index (κ3) is 5.07. The minimum absolute atomic E-state index is 0.0459. The molecule has 1 aromatic heterocycles. The summed E-state index contributed by atoms with van der Waals surface area (Å²) < 4.78 is 19.8. The summed E-state index contributed by atoms with van der Waals surface area (Å²) in [6.07, 6.45) is 3.26. The number of amides is 1. The van der Waals surface area contributed by atoms with Crippen LogP contribution in [-0.2, 0) is 28.2 Å². The van der Waals surface area contributed by atoms with Crippen LogP contribution in [0.2, 0.25) is 0 Å². The average molecular weight is 540 g/mol. The number of unbranched alkanes of at least 4 members (excludes halogenated alkanes) is 1. The molecule has 1 N–H and O–H groups in total. The fourth-order valence-electron chi connectivity index (χ4n) is 5.86. The van der Waals surface area contributed by atoms with E-state index in [0.717, 1.165) is 18.4 Å². The molecule has 6 rings (SSSR count). The largest absolute Gasteiger partial charge is 0.481 e. The highest BCUT2D eigenvalue weighted by molar-refractivity contribution is 5.97. The van der Waals surface area contributed by atoms with Gasteiger partial charge in [0.15, 0.2) is 0 Å². The van der Waals surface area contributed by atoms with E-state index >= 15 is 0 Å². The molecule has 2 aliphatic rings. The quantitative estimate of drug-likeness (QED) is 0.294. The standard InChI is InChI=1S/C32H30FN3O4/c33-24-12-9-21(10-13-24)30-27(7-3-4-8-29(37)38)34-28-19-22(11-14-26(28)35-30)31(39)36-17-15-32(16-18-36)25-6-2-1-5-23(25)20-40-32/h1-2,5-6,9-14,19H,3-4,7-8,15-18,20H2,(H,37,38). The van der Waals surface area contributed by atoms with Crippen LogP contribution in [0.4, 0.5) is 4.39 Å². The monoisotopic (exact) mass is 539 g/mol. The smallest absolute Gasteiger partial charge is 0.303 e. The first-order chi connectivity index (χ1) is 19.4. The van der Waals surface area contributed by atoms with Gasteiger partial charge in [-0.05, 0) is 85.7 Å². The number of aryl methyl sites for hydroxylation is 1. The lowest BCUT2D eigenvalue weighted by molar-refractivity contribution is -0.137. The number of piperidine rings is 1. The second-order valence-electron chi connectivity index (χ2n) is 10.6. The van der Waals surface area contributed by atoms with Crippen LogP contribution < -0.4 is 0 Å². The first-order valence-corrected chi connectivity index (χ1v) is 13.7. The minimum atomic E-state index is -0.834. The second kappa shape index (κ2) is 10.8. The van der Waals surface area contributed by atoms with Gasteiger partial charge in [0.2, 0.25) is 0 Å². The number of rotatable bonds is 7. The Bertz CT molecular complexity index is 1580. The molecule has 1 fully saturated rings. The number of aromatic nitrogens is 2. The number of benzene rings is 3. The van der Waals surface area contributed by atoms with E-state index in [4.69, 9.17) is 19.8 Å². The van der Waals surface area contributed by atoms with Gasteiger partial charge in [0, 0.05) is 30.6 Å². The average Bonchev–Trinajstić information content (AvgIpc) is 3.33. The molecule has 3 aromatic carbocycles. The van der Waals surface area contributed by atoms with E-state index in [1.54, 1.807) is 30.3 Å². The van der Waals surface area contributed by atoms with Gasteiger partial charge in [0.05, 0.1) is 34.6 Å². The first-order valence-electron chi connectivity index (χ1n) is 13.7. The van der Waals surface area contributed by atoms with Gasteiger partial charge in [-0.15, -0.1) is 0 Å². The van der Waals surface area contributed by atoms with Gasteiger partial charge in [-0.1, -0.05) is 24.3 Å². The lowest BCUT2D eigenvalue weighted by Crippen LogP contribution is -2.45. The highest BCUT2D eigenvalue weighted by atomic mass is 19.1. The van der Waals surface area contributed by atoms with E-state index in [1.807, 2.05) is 17.0 Å². The fourth-order valence-corrected chi connectivity index (χ4v) is 5.86. The van der Waals surface area contributed by atoms with Crippen molar-refractivity contribution in [2.75, 3.05) is 13.1 Å². The fraction of sp³-hybridized carbons (Fsp3) is 0.312. The van der Waals surface area contributed by atoms with Crippen LogP contribution in [0.5, 0.6) is 0 Å². The van der Waals surface area contributed by atoms with Crippen LogP contribution in [0.1, 0.15) is 59.3 Å². The predicted octanol–water partition coefficient (Wildman–Crippen LogP) is 5.90. The molecule has 1 saturated heterocycles. The van der Waals surface area contributed by atoms with Crippen LogP contribution in [0.25, 0.3) is 22.3 Å². The number of likely N-dealkylation sites (tertiary alicyclic amines) is 1. The number of halogens is 1. The van der Waals surface area contributed by atoms with Crippen LogP contribution in [0.3, 0.4) is 0 Å². The molecule has 0 aliphatic carbocycles. The molecule has 40 heavy (non-hydrogen) atoms. The molecule has 1 amide bonds. The SMILES string of the molecule is O=C(O)CCCCc1nc2cc(C(=O)N3CCC4(CC3)OCc3ccccc34)ccc2nc1-c1ccc(F)cc1. The van der Waals surface area contributed by atoms with E-state index in [0.29, 0.717) is 66.9 Å². The summed E-state index contributed by atoms with van der Waals surface area (Å²) in [6, 6.07) is 19.8. The van der Waals surface area contributed by atoms with Crippen molar-refractivity contribution in [3.63, 3.8) is 0 Å². The number of aliphatic carboxylic acids is 1. The number of carboxylic acids is 1. The summed E-state index contributed by atoms with van der Waals surface area (Å²) in [7, 11) is 0. The lowest BCUT2D eigenvalue weighted by atomic mass is 9.83. The summed E-state index contributed by atoms with van der Waals surface area (Å²) in [5.41, 5.74) is 6.04. The van der Waals surface area contributed by atoms with Crippen LogP contribution >= 0.6 is 0 Å². The maximum Gasteiger partial charge on any atom is 0.303 e. The van der Waals surface area contributed by atoms with Crippen LogP contribution in [0.15, 0.2) is 66.7 Å². The van der Waals surface area contributed by atoms with Crippen molar-refractivity contribution in [2.24, 2.45) is 0 Å². The number of carboxylic acid groups (broad SMARTS) is 1. The zero-order chi connectivity index (χ0) is 27.7. The van der Waals surface area contributed by atoms with E-state index in [1.165, 1.54) is 23.3 Å². The normalized spacial score (nSPS) is 15.9. The van der Waals surface area contributed by atoms with Gasteiger partial charge in [0.1, 0.15) is 5.82 Å². The molecule has 0 unspecified atom stereocenters. The van der Waals surface area contributed by atoms with Crippen molar-refractivity contribution in [3.8, 4) is 11.3 Å². The molecular weight excluding hydrogens is 509 g/mol. The lowest BCUT2D eigenvalue weighted by Gasteiger charge is -2.39. The van der Waals surface area contributed by atoms with Crippen molar-refractivity contribution >= 4 is 22.9 Å². The Morgan fingerprint density at radius 2 is 1.73 bits per heavy atom. The van der Waals surface area contributed by atoms with Crippen molar-refractivity contribution in [3.05, 3.63) is 94.9 Å². The highest BCUT2D eigenvalue weighted by Crippen LogP contribution is 2.44. The van der Waals surface area contributed by atoms with E-state index in [2.05, 4.69) is 12.1 Å². The Hall–Kier alpha value is -4.17. The summed E-state index contributed by atoms with van der Waals surface area (Å²) in [6.45, 7) is 1.83. The Labute approximate surface area is 231 Å². The first kappa shape index (κ1) is 26.1. The van der Waals surface area contributed by atoms with Gasteiger partial charge in [-0.2, -0.15) is 0 Å². The van der Waals surface area contributed by atoms with E-state index in [9.17, 15) is 14.0 Å². The van der Waals surface area contributed by atoms with E-state index < -0.39 is 5.97 Å². The van der Waals surface area contributed by atoms with Crippen molar-refractivity contribution in [2.45, 2.75) is 50.7 Å². The Morgan fingerprint density at radius 3 is 2.50 bits per heavy atom. The maximum atomic E-state index is 13.6. The number of carbonyl (C=O) groups is 2. The molecule has 1 spiro atoms. The second-order valence-corrected chi connectivity index (χ2v) is 10.6. The van der Waals surface area contributed by atoms with Gasteiger partial charge in [-0.25, -0.2) is 14.4 Å². The maximum absolute atomic E-state index is 13.6. The third-order valence-corrected chi connectivity index (χ3v) is 8.03. The molecule has 4 aromatic rings. The summed E-state index contributed by atoms with van der Waals surface area (Å²) >= 11 is 0. The Balaban J connectivity index is 1.24. The summed E-state index contributed by atoms with van der Waals surface area (Å²) in [5.74, 6) is -1.22. The molecule has 0 radical (unpaired) electrons. The Kier molecular flexibility index (Phi) is 7.02. The van der Waals surface area contributed by atoms with Crippen molar-refractivity contribution < 1.29 is 23.8 Å². The van der Waals surface area contributed by atoms with E-state index in [-0.39, 0.29) is 23.7 Å². The molecule has 2 aliphatic heterocycles. The number of ether oxygens (including phenoxy) is 1. The molecule has 0 bridgehead atoms.